The van der Waals surface area contributed by atoms with Crippen LogP contribution in [-0.4, -0.2) is 30.8 Å². The molecular formula is C12H18F3N3S. The van der Waals surface area contributed by atoms with Crippen molar-refractivity contribution in [3.8, 4) is 0 Å². The number of halogens is 3. The Hall–Kier alpha value is -0.820. The lowest BCUT2D eigenvalue weighted by Crippen LogP contribution is -2.41. The van der Waals surface area contributed by atoms with Gasteiger partial charge < -0.3 is 10.2 Å². The van der Waals surface area contributed by atoms with Gasteiger partial charge in [0, 0.05) is 25.0 Å². The van der Waals surface area contributed by atoms with Crippen LogP contribution in [0.4, 0.5) is 18.3 Å². The van der Waals surface area contributed by atoms with Crippen molar-refractivity contribution in [2.24, 2.45) is 5.92 Å². The van der Waals surface area contributed by atoms with E-state index in [1.165, 1.54) is 11.3 Å². The Morgan fingerprint density at radius 2 is 2.32 bits per heavy atom. The summed E-state index contributed by atoms with van der Waals surface area (Å²) in [6.45, 7) is 4.24. The zero-order valence-corrected chi connectivity index (χ0v) is 11.7. The summed E-state index contributed by atoms with van der Waals surface area (Å²) in [5.74, 6) is -1.22. The number of aromatic nitrogens is 1. The Morgan fingerprint density at radius 1 is 1.53 bits per heavy atom. The molecule has 1 aliphatic heterocycles. The number of piperidine rings is 1. The average Bonchev–Trinajstić information content (AvgIpc) is 2.84. The molecule has 19 heavy (non-hydrogen) atoms. The van der Waals surface area contributed by atoms with Crippen molar-refractivity contribution >= 4 is 16.5 Å². The highest BCUT2D eigenvalue weighted by Gasteiger charge is 2.42. The molecule has 1 fully saturated rings. The number of nitrogens with zero attached hydrogens (tertiary/aromatic N) is 2. The summed E-state index contributed by atoms with van der Waals surface area (Å²) < 4.78 is 38.2. The molecule has 0 aromatic carbocycles. The van der Waals surface area contributed by atoms with E-state index in [0.29, 0.717) is 24.6 Å². The molecule has 0 saturated carbocycles. The maximum absolute atomic E-state index is 12.7. The van der Waals surface area contributed by atoms with Crippen LogP contribution in [0.1, 0.15) is 25.5 Å². The molecule has 1 aromatic rings. The zero-order chi connectivity index (χ0) is 13.9. The van der Waals surface area contributed by atoms with Crippen molar-refractivity contribution in [2.45, 2.75) is 32.5 Å². The van der Waals surface area contributed by atoms with Crippen LogP contribution in [0.5, 0.6) is 0 Å². The Balaban J connectivity index is 1.99. The van der Waals surface area contributed by atoms with Crippen LogP contribution in [0.15, 0.2) is 5.38 Å². The zero-order valence-electron chi connectivity index (χ0n) is 10.8. The molecule has 0 spiro atoms. The highest BCUT2D eigenvalue weighted by molar-refractivity contribution is 7.13. The van der Waals surface area contributed by atoms with E-state index >= 15 is 0 Å². The second kappa shape index (κ2) is 6.09. The molecule has 0 radical (unpaired) electrons. The number of thiazole rings is 1. The minimum absolute atomic E-state index is 0.0393. The lowest BCUT2D eigenvalue weighted by molar-refractivity contribution is -0.175. The summed E-state index contributed by atoms with van der Waals surface area (Å²) in [5, 5.41) is 5.78. The molecule has 108 valence electrons. The van der Waals surface area contributed by atoms with Crippen molar-refractivity contribution in [3.05, 3.63) is 11.1 Å². The molecule has 1 aromatic heterocycles. The van der Waals surface area contributed by atoms with Gasteiger partial charge in [0.2, 0.25) is 0 Å². The third-order valence-corrected chi connectivity index (χ3v) is 4.20. The predicted octanol–water partition coefficient (Wildman–Crippen LogP) is 3.03. The van der Waals surface area contributed by atoms with Gasteiger partial charge in [-0.05, 0) is 19.4 Å². The SMILES string of the molecule is CCNCc1csc(N2CCCC(C(F)(F)F)C2)n1. The first-order valence-corrected chi connectivity index (χ1v) is 7.35. The van der Waals surface area contributed by atoms with Gasteiger partial charge in [-0.25, -0.2) is 4.98 Å². The summed E-state index contributed by atoms with van der Waals surface area (Å²) in [5.41, 5.74) is 0.899. The van der Waals surface area contributed by atoms with Crippen LogP contribution < -0.4 is 10.2 Å². The average molecular weight is 293 g/mol. The summed E-state index contributed by atoms with van der Waals surface area (Å²) in [4.78, 5) is 6.17. The Kier molecular flexibility index (Phi) is 4.67. The summed E-state index contributed by atoms with van der Waals surface area (Å²) in [6.07, 6.45) is -3.29. The number of anilines is 1. The van der Waals surface area contributed by atoms with E-state index in [1.54, 1.807) is 4.90 Å². The standard InChI is InChI=1S/C12H18F3N3S/c1-2-16-6-10-8-19-11(17-10)18-5-3-4-9(7-18)12(13,14)15/h8-9,16H,2-7H2,1H3. The highest BCUT2D eigenvalue weighted by Crippen LogP contribution is 2.35. The van der Waals surface area contributed by atoms with Gasteiger partial charge in [-0.1, -0.05) is 6.92 Å². The maximum Gasteiger partial charge on any atom is 0.393 e. The second-order valence-electron chi connectivity index (χ2n) is 4.73. The Bertz CT molecular complexity index is 405. The fourth-order valence-corrected chi connectivity index (χ4v) is 3.06. The van der Waals surface area contributed by atoms with Gasteiger partial charge in [0.05, 0.1) is 11.6 Å². The van der Waals surface area contributed by atoms with Crippen LogP contribution >= 0.6 is 11.3 Å². The van der Waals surface area contributed by atoms with E-state index in [0.717, 1.165) is 12.2 Å². The minimum atomic E-state index is -4.09. The summed E-state index contributed by atoms with van der Waals surface area (Å²) >= 11 is 1.43. The molecule has 0 amide bonds. The van der Waals surface area contributed by atoms with Crippen LogP contribution in [0.2, 0.25) is 0 Å². The molecule has 1 unspecified atom stereocenters. The topological polar surface area (TPSA) is 28.2 Å². The van der Waals surface area contributed by atoms with Crippen LogP contribution in [0, 0.1) is 5.92 Å². The molecule has 0 bridgehead atoms. The molecule has 2 rings (SSSR count). The van der Waals surface area contributed by atoms with Crippen LogP contribution in [0.3, 0.4) is 0 Å². The normalized spacial score (nSPS) is 20.8. The first-order chi connectivity index (χ1) is 9.00. The van der Waals surface area contributed by atoms with E-state index in [-0.39, 0.29) is 13.0 Å². The van der Waals surface area contributed by atoms with Gasteiger partial charge in [0.15, 0.2) is 5.13 Å². The largest absolute Gasteiger partial charge is 0.393 e. The highest BCUT2D eigenvalue weighted by atomic mass is 32.1. The fraction of sp³-hybridized carbons (Fsp3) is 0.750. The smallest absolute Gasteiger partial charge is 0.347 e. The lowest BCUT2D eigenvalue weighted by Gasteiger charge is -2.33. The van der Waals surface area contributed by atoms with Gasteiger partial charge >= 0.3 is 6.18 Å². The number of hydrogen-bond donors (Lipinski definition) is 1. The predicted molar refractivity (Wildman–Crippen MR) is 70.5 cm³/mol. The summed E-state index contributed by atoms with van der Waals surface area (Å²) in [6, 6.07) is 0. The second-order valence-corrected chi connectivity index (χ2v) is 5.57. The van der Waals surface area contributed by atoms with E-state index in [1.807, 2.05) is 12.3 Å². The molecule has 1 atom stereocenters. The van der Waals surface area contributed by atoms with Gasteiger partial charge in [-0.2, -0.15) is 13.2 Å². The van der Waals surface area contributed by atoms with Crippen LogP contribution in [-0.2, 0) is 6.54 Å². The van der Waals surface area contributed by atoms with Gasteiger partial charge in [0.25, 0.3) is 0 Å². The number of rotatable bonds is 4. The van der Waals surface area contributed by atoms with Gasteiger partial charge in [-0.3, -0.25) is 0 Å². The van der Waals surface area contributed by atoms with Crippen molar-refractivity contribution < 1.29 is 13.2 Å². The molecule has 1 saturated heterocycles. The Morgan fingerprint density at radius 3 is 3.00 bits per heavy atom. The monoisotopic (exact) mass is 293 g/mol. The minimum Gasteiger partial charge on any atom is -0.347 e. The first kappa shape index (κ1) is 14.6. The number of hydrogen-bond acceptors (Lipinski definition) is 4. The lowest BCUT2D eigenvalue weighted by atomic mass is 9.98. The van der Waals surface area contributed by atoms with Crippen molar-refractivity contribution in [1.82, 2.24) is 10.3 Å². The van der Waals surface area contributed by atoms with E-state index < -0.39 is 12.1 Å². The van der Waals surface area contributed by atoms with Crippen LogP contribution in [0.25, 0.3) is 0 Å². The molecule has 0 aliphatic carbocycles. The molecule has 1 aliphatic rings. The number of alkyl halides is 3. The first-order valence-electron chi connectivity index (χ1n) is 6.47. The summed E-state index contributed by atoms with van der Waals surface area (Å²) in [7, 11) is 0. The van der Waals surface area contributed by atoms with E-state index in [9.17, 15) is 13.2 Å². The maximum atomic E-state index is 12.7. The van der Waals surface area contributed by atoms with Gasteiger partial charge in [0.1, 0.15) is 0 Å². The van der Waals surface area contributed by atoms with E-state index in [4.69, 9.17) is 0 Å². The molecule has 1 N–H and O–H groups in total. The van der Waals surface area contributed by atoms with E-state index in [2.05, 4.69) is 10.3 Å². The van der Waals surface area contributed by atoms with Gasteiger partial charge in [-0.15, -0.1) is 11.3 Å². The Labute approximate surface area is 114 Å². The third-order valence-electron chi connectivity index (χ3n) is 3.25. The van der Waals surface area contributed by atoms with Crippen molar-refractivity contribution in [1.29, 1.82) is 0 Å². The quantitative estimate of drug-likeness (QED) is 0.925. The molecule has 3 nitrogen and oxygen atoms in total. The van der Waals surface area contributed by atoms with Crippen molar-refractivity contribution in [3.63, 3.8) is 0 Å². The molecular weight excluding hydrogens is 275 g/mol. The molecule has 2 heterocycles. The fourth-order valence-electron chi connectivity index (χ4n) is 2.19. The number of nitrogens with one attached hydrogen (secondary N) is 1. The third kappa shape index (κ3) is 3.82. The molecule has 7 heteroatoms. The van der Waals surface area contributed by atoms with Crippen molar-refractivity contribution in [2.75, 3.05) is 24.5 Å².